The van der Waals surface area contributed by atoms with Crippen molar-refractivity contribution in [1.82, 2.24) is 0 Å². The van der Waals surface area contributed by atoms with Gasteiger partial charge in [-0.2, -0.15) is 0 Å². The van der Waals surface area contributed by atoms with Crippen LogP contribution >= 0.6 is 0 Å². The number of hydrogen-bond acceptors (Lipinski definition) is 0. The van der Waals surface area contributed by atoms with Crippen molar-refractivity contribution in [2.45, 2.75) is 17.3 Å². The van der Waals surface area contributed by atoms with Gasteiger partial charge in [-0.15, -0.1) is 0 Å². The van der Waals surface area contributed by atoms with E-state index in [1.165, 1.54) is 122 Å². The van der Waals surface area contributed by atoms with Crippen molar-refractivity contribution < 1.29 is 0 Å². The summed E-state index contributed by atoms with van der Waals surface area (Å²) in [4.78, 5) is 0. The van der Waals surface area contributed by atoms with Crippen LogP contribution in [0.4, 0.5) is 0 Å². The molecule has 2 unspecified atom stereocenters. The molecular formula is C65H42. The van der Waals surface area contributed by atoms with Crippen LogP contribution in [0.1, 0.15) is 67.5 Å². The van der Waals surface area contributed by atoms with Crippen molar-refractivity contribution in [2.75, 3.05) is 0 Å². The van der Waals surface area contributed by atoms with Crippen molar-refractivity contribution in [2.24, 2.45) is 0 Å². The van der Waals surface area contributed by atoms with Gasteiger partial charge in [0.25, 0.3) is 0 Å². The van der Waals surface area contributed by atoms with Gasteiger partial charge in [-0.25, -0.2) is 0 Å². The van der Waals surface area contributed by atoms with E-state index in [1.807, 2.05) is 0 Å². The van der Waals surface area contributed by atoms with Crippen LogP contribution in [0.3, 0.4) is 0 Å². The standard InChI is InChI=1S/C65H42/c1-3-21-45(22-4-1)65(46-23-5-2-6-24-46)61-32-14-13-28-50(61)59-39-60-58(40-62(59)65)57-38-44(34-36-55(57)64(60)52-31-16-20-42-18-8-10-26-48(42)52)43-33-35-54-56(37-43)49-27-11-12-29-53(49)63(54)51-30-15-19-41-17-7-9-25-47(41)51/h1-40,63-64H. The third-order valence-corrected chi connectivity index (χ3v) is 15.1. The fourth-order valence-electron chi connectivity index (χ4n) is 12.4. The lowest BCUT2D eigenvalue weighted by atomic mass is 9.67. The molecule has 0 N–H and O–H groups in total. The lowest BCUT2D eigenvalue weighted by Gasteiger charge is -2.34. The first-order chi connectivity index (χ1) is 32.3. The molecule has 2 atom stereocenters. The summed E-state index contributed by atoms with van der Waals surface area (Å²) in [6.07, 6.45) is 0. The third kappa shape index (κ3) is 5.14. The summed E-state index contributed by atoms with van der Waals surface area (Å²) in [7, 11) is 0. The maximum Gasteiger partial charge on any atom is 0.0713 e. The molecule has 3 aliphatic rings. The molecule has 0 heterocycles. The number of fused-ring (bicyclic) bond motifs is 11. The van der Waals surface area contributed by atoms with E-state index in [9.17, 15) is 0 Å². The molecule has 0 radical (unpaired) electrons. The monoisotopic (exact) mass is 822 g/mol. The summed E-state index contributed by atoms with van der Waals surface area (Å²) in [5.74, 6) is 0.254. The Morgan fingerprint density at radius 1 is 0.246 bits per heavy atom. The minimum Gasteiger partial charge on any atom is -0.0622 e. The fourth-order valence-corrected chi connectivity index (χ4v) is 12.4. The summed E-state index contributed by atoms with van der Waals surface area (Å²) in [5.41, 5.74) is 23.4. The topological polar surface area (TPSA) is 0 Å². The Morgan fingerprint density at radius 3 is 1.32 bits per heavy atom. The highest BCUT2D eigenvalue weighted by molar-refractivity contribution is 5.97. The lowest BCUT2D eigenvalue weighted by molar-refractivity contribution is 0.768. The zero-order chi connectivity index (χ0) is 42.6. The van der Waals surface area contributed by atoms with Gasteiger partial charge in [0.1, 0.15) is 0 Å². The normalized spacial score (nSPS) is 15.8. The SMILES string of the molecule is c1ccc(C2(c3ccccc3)c3ccccc3-c3cc4c(cc32)-c2cc(-c3ccc5c(c3)-c3ccccc3C5c3cccc5ccccc35)ccc2C4c2cccc3ccccc23)cc1. The minimum atomic E-state index is -0.479. The van der Waals surface area contributed by atoms with Crippen molar-refractivity contribution in [3.8, 4) is 44.5 Å². The maximum atomic E-state index is 2.59. The highest BCUT2D eigenvalue weighted by Gasteiger charge is 2.47. The highest BCUT2D eigenvalue weighted by atomic mass is 14.5. The van der Waals surface area contributed by atoms with E-state index in [-0.39, 0.29) is 11.8 Å². The molecule has 0 saturated carbocycles. The Labute approximate surface area is 379 Å². The van der Waals surface area contributed by atoms with E-state index in [0.717, 1.165) is 0 Å². The van der Waals surface area contributed by atoms with Crippen LogP contribution in [-0.2, 0) is 5.41 Å². The number of hydrogen-bond donors (Lipinski definition) is 0. The molecule has 0 bridgehead atoms. The van der Waals surface area contributed by atoms with Crippen LogP contribution in [0.15, 0.2) is 243 Å². The van der Waals surface area contributed by atoms with Gasteiger partial charge in [-0.05, 0) is 146 Å². The summed E-state index contributed by atoms with van der Waals surface area (Å²) in [5, 5.41) is 5.19. The van der Waals surface area contributed by atoms with Gasteiger partial charge in [0.2, 0.25) is 0 Å². The van der Waals surface area contributed by atoms with Gasteiger partial charge < -0.3 is 0 Å². The quantitative estimate of drug-likeness (QED) is 0.162. The Balaban J connectivity index is 1.000. The molecule has 0 amide bonds. The van der Waals surface area contributed by atoms with Crippen molar-refractivity contribution in [3.05, 3.63) is 298 Å². The third-order valence-electron chi connectivity index (χ3n) is 15.1. The van der Waals surface area contributed by atoms with Crippen molar-refractivity contribution in [3.63, 3.8) is 0 Å². The molecule has 0 heteroatoms. The molecule has 14 rings (SSSR count). The summed E-state index contributed by atoms with van der Waals surface area (Å²) in [6, 6.07) is 91.7. The predicted octanol–water partition coefficient (Wildman–Crippen LogP) is 16.3. The molecule has 0 aliphatic heterocycles. The second-order valence-electron chi connectivity index (χ2n) is 18.2. The fraction of sp³-hybridized carbons (Fsp3) is 0.0462. The van der Waals surface area contributed by atoms with Crippen molar-refractivity contribution in [1.29, 1.82) is 0 Å². The Bertz CT molecular complexity index is 3670. The Morgan fingerprint density at radius 2 is 0.692 bits per heavy atom. The van der Waals surface area contributed by atoms with Gasteiger partial charge in [0.05, 0.1) is 5.41 Å². The minimum absolute atomic E-state index is 0.0782. The molecule has 65 heavy (non-hydrogen) atoms. The second kappa shape index (κ2) is 14.0. The molecular weight excluding hydrogens is 781 g/mol. The van der Waals surface area contributed by atoms with Gasteiger partial charge in [-0.3, -0.25) is 0 Å². The molecule has 0 spiro atoms. The van der Waals surface area contributed by atoms with Gasteiger partial charge in [0, 0.05) is 11.8 Å². The Kier molecular flexibility index (Phi) is 7.83. The average Bonchev–Trinajstić information content (AvgIpc) is 3.99. The molecule has 11 aromatic rings. The van der Waals surface area contributed by atoms with Gasteiger partial charge >= 0.3 is 0 Å². The van der Waals surface area contributed by atoms with Crippen LogP contribution in [0.2, 0.25) is 0 Å². The van der Waals surface area contributed by atoms with E-state index in [1.54, 1.807) is 0 Å². The molecule has 0 nitrogen and oxygen atoms in total. The Hall–Kier alpha value is -8.06. The maximum absolute atomic E-state index is 2.59. The highest BCUT2D eigenvalue weighted by Crippen LogP contribution is 2.60. The zero-order valence-corrected chi connectivity index (χ0v) is 35.7. The first-order valence-electron chi connectivity index (χ1n) is 23.0. The second-order valence-corrected chi connectivity index (χ2v) is 18.2. The lowest BCUT2D eigenvalue weighted by Crippen LogP contribution is -2.28. The van der Waals surface area contributed by atoms with Crippen molar-refractivity contribution >= 4 is 21.5 Å². The average molecular weight is 823 g/mol. The van der Waals surface area contributed by atoms with E-state index < -0.39 is 5.41 Å². The van der Waals surface area contributed by atoms with Gasteiger partial charge in [0.15, 0.2) is 0 Å². The van der Waals surface area contributed by atoms with Gasteiger partial charge in [-0.1, -0.05) is 218 Å². The van der Waals surface area contributed by atoms with Crippen LogP contribution in [0, 0.1) is 0 Å². The first kappa shape index (κ1) is 36.4. The number of benzene rings is 11. The van der Waals surface area contributed by atoms with E-state index >= 15 is 0 Å². The van der Waals surface area contributed by atoms with E-state index in [0.29, 0.717) is 0 Å². The van der Waals surface area contributed by atoms with Crippen LogP contribution < -0.4 is 0 Å². The van der Waals surface area contributed by atoms with E-state index in [2.05, 4.69) is 243 Å². The summed E-state index contributed by atoms with van der Waals surface area (Å²) in [6.45, 7) is 0. The number of rotatable bonds is 5. The molecule has 11 aromatic carbocycles. The molecule has 0 saturated heterocycles. The molecule has 3 aliphatic carbocycles. The van der Waals surface area contributed by atoms with E-state index in [4.69, 9.17) is 0 Å². The summed E-state index contributed by atoms with van der Waals surface area (Å²) >= 11 is 0. The molecule has 0 fully saturated rings. The van der Waals surface area contributed by atoms with Crippen LogP contribution in [-0.4, -0.2) is 0 Å². The van der Waals surface area contributed by atoms with Crippen LogP contribution in [0.5, 0.6) is 0 Å². The largest absolute Gasteiger partial charge is 0.0713 e. The van der Waals surface area contributed by atoms with Crippen LogP contribution in [0.25, 0.3) is 66.1 Å². The molecule has 302 valence electrons. The first-order valence-corrected chi connectivity index (χ1v) is 23.0. The molecule has 0 aromatic heterocycles. The summed E-state index contributed by atoms with van der Waals surface area (Å²) < 4.78 is 0. The zero-order valence-electron chi connectivity index (χ0n) is 35.7. The smallest absolute Gasteiger partial charge is 0.0622 e. The predicted molar refractivity (Wildman–Crippen MR) is 270 cm³/mol.